The van der Waals surface area contributed by atoms with Crippen LogP contribution in [0.15, 0.2) is 66.5 Å². The van der Waals surface area contributed by atoms with Crippen molar-refractivity contribution in [3.63, 3.8) is 0 Å². The molecule has 3 rings (SSSR count). The third kappa shape index (κ3) is 6.70. The second-order valence-electron chi connectivity index (χ2n) is 10.8. The van der Waals surface area contributed by atoms with Crippen LogP contribution in [0.4, 0.5) is 5.69 Å². The van der Waals surface area contributed by atoms with Crippen molar-refractivity contribution in [2.24, 2.45) is 13.5 Å². The topological polar surface area (TPSA) is 114 Å². The van der Waals surface area contributed by atoms with Crippen molar-refractivity contribution in [1.29, 1.82) is 0 Å². The minimum atomic E-state index is -4.23. The Bertz CT molecular complexity index is 1330. The molecule has 1 fully saturated rings. The molecular formula is C25H36N4O5S2. The summed E-state index contributed by atoms with van der Waals surface area (Å²) < 4.78 is 45.2. The first kappa shape index (κ1) is 28.2. The van der Waals surface area contributed by atoms with E-state index in [2.05, 4.69) is 24.5 Å². The van der Waals surface area contributed by atoms with E-state index in [-0.39, 0.29) is 16.0 Å². The maximum atomic E-state index is 13.8. The summed E-state index contributed by atoms with van der Waals surface area (Å²) in [5.74, 6) is 0. The third-order valence-corrected chi connectivity index (χ3v) is 11.0. The number of sulfonamides is 1. The van der Waals surface area contributed by atoms with Gasteiger partial charge in [-0.1, -0.05) is 39.0 Å². The Morgan fingerprint density at radius 3 is 2.11 bits per heavy atom. The number of aryl methyl sites for hydroxylation is 1. The first-order valence-electron chi connectivity index (χ1n) is 11.8. The van der Waals surface area contributed by atoms with Crippen molar-refractivity contribution in [1.82, 2.24) is 4.31 Å². The van der Waals surface area contributed by atoms with Crippen LogP contribution in [0.3, 0.4) is 0 Å². The minimum Gasteiger partial charge on any atom is -0.379 e. The standard InChI is InChI=1S/C25H36N4O5S2/c1-20-9-7-8-10-23(20)35(28-15-17-34-18-16-28,26-25(5,6)19-24(2,3)4)27-36(32,33)22-13-11-21(12-14-22)29(30)31/h7-14H,15-19H2,1-6H3. The summed E-state index contributed by atoms with van der Waals surface area (Å²) in [7, 11) is -7.02. The number of nitro benzene ring substituents is 1. The normalized spacial score (nSPS) is 17.3. The van der Waals surface area contributed by atoms with Crippen molar-refractivity contribution in [2.45, 2.75) is 63.3 Å². The summed E-state index contributed by atoms with van der Waals surface area (Å²) in [6, 6.07) is 12.5. The Labute approximate surface area is 215 Å². The van der Waals surface area contributed by atoms with Gasteiger partial charge >= 0.3 is 0 Å². The molecule has 11 heteroatoms. The van der Waals surface area contributed by atoms with Crippen LogP contribution in [0.1, 0.15) is 46.6 Å². The maximum absolute atomic E-state index is 13.8. The SMILES string of the molecule is Cc1ccccc1S(=NC(C)(C)CC(C)(C)C)(=NS(=O)(=O)c1ccc([N+](=O)[O-])cc1)N1CCOCC1. The highest BCUT2D eigenvalue weighted by atomic mass is 32.3. The highest BCUT2D eigenvalue weighted by molar-refractivity contribution is 8.03. The summed E-state index contributed by atoms with van der Waals surface area (Å²) in [6.45, 7) is 14.2. The quantitative estimate of drug-likeness (QED) is 0.334. The van der Waals surface area contributed by atoms with Gasteiger partial charge in [0.25, 0.3) is 15.7 Å². The van der Waals surface area contributed by atoms with Crippen molar-refractivity contribution in [2.75, 3.05) is 26.3 Å². The monoisotopic (exact) mass is 536 g/mol. The fraction of sp³-hybridized carbons (Fsp3) is 0.520. The van der Waals surface area contributed by atoms with Gasteiger partial charge in [0.05, 0.1) is 28.6 Å². The van der Waals surface area contributed by atoms with E-state index in [0.29, 0.717) is 26.3 Å². The van der Waals surface area contributed by atoms with Gasteiger partial charge in [0.1, 0.15) is 0 Å². The highest BCUT2D eigenvalue weighted by Gasteiger charge is 2.33. The summed E-state index contributed by atoms with van der Waals surface area (Å²) >= 11 is 0. The van der Waals surface area contributed by atoms with Gasteiger partial charge in [-0.2, -0.15) is 8.42 Å². The van der Waals surface area contributed by atoms with E-state index in [0.717, 1.165) is 16.9 Å². The zero-order valence-corrected chi connectivity index (χ0v) is 23.4. The molecule has 9 nitrogen and oxygen atoms in total. The van der Waals surface area contributed by atoms with Crippen molar-refractivity contribution >= 4 is 25.5 Å². The number of nitro groups is 1. The van der Waals surface area contributed by atoms with Crippen LogP contribution in [0.25, 0.3) is 0 Å². The lowest BCUT2D eigenvalue weighted by molar-refractivity contribution is -0.384. The zero-order chi connectivity index (χ0) is 26.8. The Kier molecular flexibility index (Phi) is 8.29. The molecule has 1 atom stereocenters. The van der Waals surface area contributed by atoms with Crippen LogP contribution < -0.4 is 0 Å². The summed E-state index contributed by atoms with van der Waals surface area (Å²) in [6.07, 6.45) is 0.720. The lowest BCUT2D eigenvalue weighted by atomic mass is 9.82. The van der Waals surface area contributed by atoms with Gasteiger partial charge in [-0.3, -0.25) is 10.1 Å². The first-order chi connectivity index (χ1) is 16.7. The molecule has 2 aromatic rings. The predicted molar refractivity (Wildman–Crippen MR) is 142 cm³/mol. The molecule has 2 aromatic carbocycles. The number of rotatable bonds is 7. The molecule has 1 aliphatic rings. The first-order valence-corrected chi connectivity index (χ1v) is 14.8. The molecule has 0 radical (unpaired) electrons. The van der Waals surface area contributed by atoms with E-state index in [1.165, 1.54) is 24.3 Å². The van der Waals surface area contributed by atoms with E-state index < -0.39 is 30.3 Å². The average molecular weight is 537 g/mol. The van der Waals surface area contributed by atoms with Crippen LogP contribution in [-0.4, -0.2) is 49.5 Å². The molecule has 0 spiro atoms. The second kappa shape index (κ2) is 10.6. The van der Waals surface area contributed by atoms with Gasteiger partial charge in [-0.15, -0.1) is 3.77 Å². The lowest BCUT2D eigenvalue weighted by Gasteiger charge is -2.37. The van der Waals surface area contributed by atoms with Crippen LogP contribution in [0.2, 0.25) is 0 Å². The Morgan fingerprint density at radius 1 is 1.00 bits per heavy atom. The van der Waals surface area contributed by atoms with Crippen LogP contribution >= 0.6 is 0 Å². The number of nitrogens with zero attached hydrogens (tertiary/aromatic N) is 4. The predicted octanol–water partition coefficient (Wildman–Crippen LogP) is 5.63. The average Bonchev–Trinajstić information content (AvgIpc) is 2.77. The number of benzene rings is 2. The molecule has 36 heavy (non-hydrogen) atoms. The third-order valence-electron chi connectivity index (χ3n) is 5.60. The fourth-order valence-corrected chi connectivity index (χ4v) is 10.0. The fourth-order valence-electron chi connectivity index (χ4n) is 4.61. The molecule has 1 heterocycles. The summed E-state index contributed by atoms with van der Waals surface area (Å²) in [5, 5.41) is 11.1. The molecule has 0 aromatic heterocycles. The number of hydrogen-bond donors (Lipinski definition) is 0. The van der Waals surface area contributed by atoms with Crippen molar-refractivity contribution in [3.05, 3.63) is 64.2 Å². The number of morpholine rings is 1. The van der Waals surface area contributed by atoms with E-state index in [1.807, 2.05) is 49.3 Å². The molecule has 1 aliphatic heterocycles. The van der Waals surface area contributed by atoms with Gasteiger partial charge in [-0.05, 0) is 56.4 Å². The molecule has 1 unspecified atom stereocenters. The van der Waals surface area contributed by atoms with E-state index in [9.17, 15) is 18.5 Å². The van der Waals surface area contributed by atoms with E-state index in [1.54, 1.807) is 0 Å². The summed E-state index contributed by atoms with van der Waals surface area (Å²) in [5.41, 5.74) is 0.0713. The summed E-state index contributed by atoms with van der Waals surface area (Å²) in [4.78, 5) is 11.2. The molecule has 0 amide bonds. The number of ether oxygens (including phenoxy) is 1. The second-order valence-corrected chi connectivity index (χ2v) is 15.0. The zero-order valence-electron chi connectivity index (χ0n) is 21.8. The molecule has 1 saturated heterocycles. The molecule has 0 N–H and O–H groups in total. The minimum absolute atomic E-state index is 0.0494. The smallest absolute Gasteiger partial charge is 0.290 e. The maximum Gasteiger partial charge on any atom is 0.290 e. The van der Waals surface area contributed by atoms with Crippen LogP contribution in [-0.2, 0) is 24.6 Å². The molecule has 0 saturated carbocycles. The van der Waals surface area contributed by atoms with Gasteiger partial charge in [0.15, 0.2) is 0 Å². The van der Waals surface area contributed by atoms with Crippen molar-refractivity contribution in [3.8, 4) is 0 Å². The molecular weight excluding hydrogens is 500 g/mol. The molecule has 198 valence electrons. The number of hydrogen-bond acceptors (Lipinski definition) is 6. The van der Waals surface area contributed by atoms with E-state index >= 15 is 0 Å². The lowest BCUT2D eigenvalue weighted by Crippen LogP contribution is -2.42. The Hall–Kier alpha value is -2.34. The number of non-ortho nitro benzene ring substituents is 1. The molecule has 0 bridgehead atoms. The van der Waals surface area contributed by atoms with Crippen LogP contribution in [0, 0.1) is 22.5 Å². The van der Waals surface area contributed by atoms with E-state index in [4.69, 9.17) is 9.10 Å². The van der Waals surface area contributed by atoms with Gasteiger partial charge in [-0.25, -0.2) is 8.67 Å². The van der Waals surface area contributed by atoms with Crippen molar-refractivity contribution < 1.29 is 18.1 Å². The molecule has 0 aliphatic carbocycles. The van der Waals surface area contributed by atoms with Gasteiger partial charge < -0.3 is 4.74 Å². The van der Waals surface area contributed by atoms with Crippen LogP contribution in [0.5, 0.6) is 0 Å². The largest absolute Gasteiger partial charge is 0.379 e. The Morgan fingerprint density at radius 2 is 1.58 bits per heavy atom. The van der Waals surface area contributed by atoms with Gasteiger partial charge in [0, 0.05) is 39.9 Å². The highest BCUT2D eigenvalue weighted by Crippen LogP contribution is 2.36. The Balaban J connectivity index is 2.41. The van der Waals surface area contributed by atoms with Gasteiger partial charge in [0.2, 0.25) is 0 Å².